The largest absolute Gasteiger partial charge is 0.386 e. The van der Waals surface area contributed by atoms with Crippen LogP contribution in [0.1, 0.15) is 37.2 Å². The lowest BCUT2D eigenvalue weighted by atomic mass is 10.00. The molecule has 0 spiro atoms. The lowest BCUT2D eigenvalue weighted by molar-refractivity contribution is -0.115. The van der Waals surface area contributed by atoms with E-state index in [-0.39, 0.29) is 23.0 Å². The minimum absolute atomic E-state index is 0.129. The van der Waals surface area contributed by atoms with Crippen LogP contribution < -0.4 is 10.6 Å². The van der Waals surface area contributed by atoms with Gasteiger partial charge in [-0.3, -0.25) is 9.59 Å². The normalized spacial score (nSPS) is 18.0. The highest BCUT2D eigenvalue weighted by Crippen LogP contribution is 2.20. The maximum atomic E-state index is 12.5. The molecular formula is C24H26N2O4. The highest BCUT2D eigenvalue weighted by Gasteiger charge is 2.26. The highest BCUT2D eigenvalue weighted by atomic mass is 16.3. The third-order valence-electron chi connectivity index (χ3n) is 5.08. The number of carbonyl (C=O) groups excluding carboxylic acids is 2. The number of nitrogens with one attached hydrogen (secondary N) is 2. The Labute approximate surface area is 175 Å². The maximum Gasteiger partial charge on any atom is 0.203 e. The number of carbonyl (C=O) groups is 2. The molecule has 0 heterocycles. The second-order valence-corrected chi connectivity index (χ2v) is 7.42. The zero-order valence-corrected chi connectivity index (χ0v) is 16.9. The molecule has 2 aromatic carbocycles. The predicted octanol–water partition coefficient (Wildman–Crippen LogP) is 2.33. The number of allylic oxidation sites excluding steroid dienone is 2. The number of benzene rings is 2. The van der Waals surface area contributed by atoms with E-state index in [9.17, 15) is 19.8 Å². The van der Waals surface area contributed by atoms with Crippen LogP contribution in [0.5, 0.6) is 0 Å². The number of hydrogen-bond donors (Lipinski definition) is 4. The Morgan fingerprint density at radius 1 is 0.633 bits per heavy atom. The van der Waals surface area contributed by atoms with Gasteiger partial charge in [0.2, 0.25) is 11.6 Å². The van der Waals surface area contributed by atoms with Gasteiger partial charge in [0.05, 0.1) is 35.7 Å². The summed E-state index contributed by atoms with van der Waals surface area (Å²) in [5, 5.41) is 26.8. The number of aliphatic hydroxyl groups excluding tert-OH is 2. The van der Waals surface area contributed by atoms with Gasteiger partial charge in [-0.1, -0.05) is 60.7 Å². The fraction of sp³-hybridized carbons (Fsp3) is 0.250. The molecule has 1 aliphatic rings. The second kappa shape index (κ2) is 9.52. The summed E-state index contributed by atoms with van der Waals surface area (Å²) >= 11 is 0. The molecule has 0 radical (unpaired) electrons. The first-order valence-electron chi connectivity index (χ1n) is 9.88. The SMILES string of the molecule is C[C@@H](NC1=CC(=O)C(N[C@H](C)[C@@H](O)c2ccccc2)=CC1=O)[C@@H](O)c1ccccc1. The van der Waals surface area contributed by atoms with Crippen LogP contribution in [0.2, 0.25) is 0 Å². The smallest absolute Gasteiger partial charge is 0.203 e. The predicted molar refractivity (Wildman–Crippen MR) is 114 cm³/mol. The van der Waals surface area contributed by atoms with Crippen LogP contribution in [0.3, 0.4) is 0 Å². The fourth-order valence-electron chi connectivity index (χ4n) is 3.31. The van der Waals surface area contributed by atoms with Crippen molar-refractivity contribution in [1.82, 2.24) is 10.6 Å². The van der Waals surface area contributed by atoms with Crippen LogP contribution in [0, 0.1) is 0 Å². The van der Waals surface area contributed by atoms with Gasteiger partial charge in [0.1, 0.15) is 0 Å². The molecule has 0 bridgehead atoms. The molecule has 156 valence electrons. The Morgan fingerprint density at radius 3 is 1.30 bits per heavy atom. The summed E-state index contributed by atoms with van der Waals surface area (Å²) < 4.78 is 0. The molecule has 0 aliphatic heterocycles. The van der Waals surface area contributed by atoms with E-state index in [1.54, 1.807) is 38.1 Å². The van der Waals surface area contributed by atoms with Crippen molar-refractivity contribution in [2.75, 3.05) is 0 Å². The topological polar surface area (TPSA) is 98.7 Å². The lowest BCUT2D eigenvalue weighted by Crippen LogP contribution is -2.39. The monoisotopic (exact) mass is 406 g/mol. The Morgan fingerprint density at radius 2 is 0.967 bits per heavy atom. The number of aliphatic hydroxyl groups is 2. The van der Waals surface area contributed by atoms with E-state index in [2.05, 4.69) is 10.6 Å². The molecule has 4 atom stereocenters. The zero-order valence-electron chi connectivity index (χ0n) is 16.9. The minimum atomic E-state index is -0.834. The standard InChI is InChI=1S/C24H26N2O4/c1-15(23(29)17-9-5-3-6-10-17)25-19-13-22(28)20(14-21(19)27)26-16(2)24(30)18-11-7-4-8-12-18/h3-16,23-26,29-30H,1-2H3/t15-,16-,23-,24-/m1/s1. The van der Waals surface area contributed by atoms with Crippen LogP contribution >= 0.6 is 0 Å². The van der Waals surface area contributed by atoms with Crippen molar-refractivity contribution in [3.63, 3.8) is 0 Å². The number of ketones is 2. The summed E-state index contributed by atoms with van der Waals surface area (Å²) in [7, 11) is 0. The van der Waals surface area contributed by atoms with Crippen molar-refractivity contribution in [2.45, 2.75) is 38.1 Å². The Balaban J connectivity index is 1.64. The van der Waals surface area contributed by atoms with E-state index < -0.39 is 24.3 Å². The van der Waals surface area contributed by atoms with E-state index in [1.165, 1.54) is 12.2 Å². The van der Waals surface area contributed by atoms with Gasteiger partial charge in [-0.05, 0) is 25.0 Å². The van der Waals surface area contributed by atoms with Gasteiger partial charge in [0, 0.05) is 12.2 Å². The van der Waals surface area contributed by atoms with Crippen molar-refractivity contribution in [1.29, 1.82) is 0 Å². The molecule has 0 saturated heterocycles. The van der Waals surface area contributed by atoms with E-state index in [4.69, 9.17) is 0 Å². The summed E-state index contributed by atoms with van der Waals surface area (Å²) in [6.45, 7) is 3.48. The van der Waals surface area contributed by atoms with Crippen LogP contribution in [-0.2, 0) is 9.59 Å². The van der Waals surface area contributed by atoms with Crippen molar-refractivity contribution in [3.8, 4) is 0 Å². The Bertz CT molecular complexity index is 874. The molecule has 30 heavy (non-hydrogen) atoms. The van der Waals surface area contributed by atoms with Gasteiger partial charge in [0.25, 0.3) is 0 Å². The van der Waals surface area contributed by atoms with E-state index in [1.807, 2.05) is 36.4 Å². The molecule has 6 nitrogen and oxygen atoms in total. The molecule has 0 aromatic heterocycles. The molecule has 1 aliphatic carbocycles. The average Bonchev–Trinajstić information content (AvgIpc) is 2.77. The van der Waals surface area contributed by atoms with Gasteiger partial charge in [0.15, 0.2) is 0 Å². The van der Waals surface area contributed by atoms with E-state index in [0.29, 0.717) is 11.1 Å². The van der Waals surface area contributed by atoms with Gasteiger partial charge < -0.3 is 20.8 Å². The third-order valence-corrected chi connectivity index (χ3v) is 5.08. The molecule has 6 heteroatoms. The minimum Gasteiger partial charge on any atom is -0.386 e. The molecule has 2 aromatic rings. The van der Waals surface area contributed by atoms with Crippen molar-refractivity contribution in [3.05, 3.63) is 95.3 Å². The van der Waals surface area contributed by atoms with Crippen molar-refractivity contribution in [2.24, 2.45) is 0 Å². The Hall–Kier alpha value is -3.22. The van der Waals surface area contributed by atoms with Crippen molar-refractivity contribution >= 4 is 11.6 Å². The first-order valence-corrected chi connectivity index (χ1v) is 9.88. The molecule has 3 rings (SSSR count). The summed E-state index contributed by atoms with van der Waals surface area (Å²) in [5.74, 6) is -0.740. The molecule has 0 saturated carbocycles. The van der Waals surface area contributed by atoms with Crippen LogP contribution in [0.25, 0.3) is 0 Å². The van der Waals surface area contributed by atoms with Gasteiger partial charge >= 0.3 is 0 Å². The second-order valence-electron chi connectivity index (χ2n) is 7.42. The molecular weight excluding hydrogens is 380 g/mol. The molecule has 4 N–H and O–H groups in total. The molecule has 0 amide bonds. The summed E-state index contributed by atoms with van der Waals surface area (Å²) in [6, 6.07) is 17.3. The molecule has 0 unspecified atom stereocenters. The summed E-state index contributed by atoms with van der Waals surface area (Å²) in [6.07, 6.45) is 0.778. The van der Waals surface area contributed by atoms with Crippen LogP contribution in [0.15, 0.2) is 84.2 Å². The number of hydrogen-bond acceptors (Lipinski definition) is 6. The van der Waals surface area contributed by atoms with Gasteiger partial charge in [-0.25, -0.2) is 0 Å². The number of rotatable bonds is 8. The van der Waals surface area contributed by atoms with Crippen LogP contribution in [0.4, 0.5) is 0 Å². The first-order chi connectivity index (χ1) is 14.4. The molecule has 0 fully saturated rings. The van der Waals surface area contributed by atoms with Gasteiger partial charge in [-0.2, -0.15) is 0 Å². The highest BCUT2D eigenvalue weighted by molar-refractivity contribution is 6.19. The summed E-state index contributed by atoms with van der Waals surface area (Å²) in [5.41, 5.74) is 1.69. The van der Waals surface area contributed by atoms with E-state index in [0.717, 1.165) is 0 Å². The maximum absolute atomic E-state index is 12.5. The Kier molecular flexibility index (Phi) is 6.82. The van der Waals surface area contributed by atoms with Crippen molar-refractivity contribution < 1.29 is 19.8 Å². The first kappa shape index (κ1) is 21.5. The zero-order chi connectivity index (χ0) is 21.7. The summed E-state index contributed by atoms with van der Waals surface area (Å²) in [4.78, 5) is 25.0. The quantitative estimate of drug-likeness (QED) is 0.502. The van der Waals surface area contributed by atoms with Gasteiger partial charge in [-0.15, -0.1) is 0 Å². The average molecular weight is 406 g/mol. The van der Waals surface area contributed by atoms with E-state index >= 15 is 0 Å². The van der Waals surface area contributed by atoms with Crippen LogP contribution in [-0.4, -0.2) is 33.9 Å². The third kappa shape index (κ3) is 5.03. The fourth-order valence-corrected chi connectivity index (χ4v) is 3.31. The lowest BCUT2D eigenvalue weighted by Gasteiger charge is -2.26.